The molecule has 0 atom stereocenters. The Hall–Kier alpha value is 1.01. The van der Waals surface area contributed by atoms with Crippen LogP contribution in [0.5, 0.6) is 17.2 Å². The molecule has 10 heteroatoms. The number of alkyl halides is 2. The van der Waals surface area contributed by atoms with Crippen molar-refractivity contribution in [2.24, 2.45) is 0 Å². The zero-order valence-electron chi connectivity index (χ0n) is 15.7. The van der Waals surface area contributed by atoms with Crippen LogP contribution in [0.15, 0.2) is 24.3 Å². The Bertz CT molecular complexity index is 834. The van der Waals surface area contributed by atoms with Crippen LogP contribution in [0.4, 0.5) is 0 Å². The van der Waals surface area contributed by atoms with Gasteiger partial charge in [0.1, 0.15) is 11.5 Å². The molecule has 0 aromatic heterocycles. The smallest absolute Gasteiger partial charge is 0.310 e. The van der Waals surface area contributed by atoms with E-state index in [2.05, 4.69) is 90.4 Å². The Morgan fingerprint density at radius 3 is 1.90 bits per heavy atom. The molecular formula is C20H18Cl2I4O4. The van der Waals surface area contributed by atoms with E-state index in [1.165, 1.54) is 0 Å². The molecule has 0 aliphatic carbocycles. The van der Waals surface area contributed by atoms with E-state index in [0.717, 1.165) is 43.5 Å². The van der Waals surface area contributed by atoms with Crippen LogP contribution in [-0.2, 0) is 16.0 Å². The van der Waals surface area contributed by atoms with Crippen LogP contribution in [0.3, 0.4) is 0 Å². The maximum atomic E-state index is 12.0. The number of esters is 1. The van der Waals surface area contributed by atoms with Gasteiger partial charge in [0.25, 0.3) is 0 Å². The van der Waals surface area contributed by atoms with Gasteiger partial charge in [-0.05, 0) is 133 Å². The SMILES string of the molecule is O=C(Cc1cc(I)c(Oc2cc(I)c(OCCCCl)c(I)c2)c(I)c1)OCCCCl. The normalized spacial score (nSPS) is 10.7. The molecule has 30 heavy (non-hydrogen) atoms. The van der Waals surface area contributed by atoms with Gasteiger partial charge in [0.2, 0.25) is 0 Å². The van der Waals surface area contributed by atoms with E-state index >= 15 is 0 Å². The highest BCUT2D eigenvalue weighted by molar-refractivity contribution is 14.1. The van der Waals surface area contributed by atoms with E-state index in [1.807, 2.05) is 24.3 Å². The largest absolute Gasteiger partial charge is 0.491 e. The van der Waals surface area contributed by atoms with Crippen molar-refractivity contribution in [3.05, 3.63) is 44.1 Å². The molecule has 0 saturated carbocycles. The van der Waals surface area contributed by atoms with Gasteiger partial charge >= 0.3 is 5.97 Å². The standard InChI is InChI=1S/C20H18Cl2I4O4/c21-3-1-5-28-18(27)9-12-7-14(23)20(15(24)8-12)30-13-10-16(25)19(17(26)11-13)29-6-2-4-22/h7-8,10-11H,1-6,9H2. The maximum Gasteiger partial charge on any atom is 0.310 e. The van der Waals surface area contributed by atoms with Crippen molar-refractivity contribution in [3.8, 4) is 17.2 Å². The number of hydrogen-bond acceptors (Lipinski definition) is 4. The van der Waals surface area contributed by atoms with E-state index in [-0.39, 0.29) is 12.4 Å². The summed E-state index contributed by atoms with van der Waals surface area (Å²) in [6.45, 7) is 0.932. The molecule has 0 N–H and O–H groups in total. The monoisotopic (exact) mass is 900 g/mol. The molecule has 0 saturated heterocycles. The summed E-state index contributed by atoms with van der Waals surface area (Å²) < 4.78 is 21.0. The average Bonchev–Trinajstić information content (AvgIpc) is 2.67. The fourth-order valence-electron chi connectivity index (χ4n) is 2.35. The summed E-state index contributed by atoms with van der Waals surface area (Å²) in [6.07, 6.45) is 1.68. The minimum Gasteiger partial charge on any atom is -0.491 e. The zero-order valence-corrected chi connectivity index (χ0v) is 25.8. The lowest BCUT2D eigenvalue weighted by molar-refractivity contribution is -0.142. The molecule has 2 rings (SSSR count). The van der Waals surface area contributed by atoms with Crippen molar-refractivity contribution in [2.45, 2.75) is 19.3 Å². The average molecular weight is 901 g/mol. The van der Waals surface area contributed by atoms with Gasteiger partial charge in [-0.15, -0.1) is 23.2 Å². The number of rotatable bonds is 11. The van der Waals surface area contributed by atoms with Crippen molar-refractivity contribution in [2.75, 3.05) is 25.0 Å². The summed E-state index contributed by atoms with van der Waals surface area (Å²) in [4.78, 5) is 12.0. The summed E-state index contributed by atoms with van der Waals surface area (Å²) in [7, 11) is 0. The van der Waals surface area contributed by atoms with Gasteiger partial charge in [-0.1, -0.05) is 0 Å². The van der Waals surface area contributed by atoms with E-state index in [9.17, 15) is 4.79 Å². The zero-order chi connectivity index (χ0) is 22.1. The Balaban J connectivity index is 2.12. The maximum absolute atomic E-state index is 12.0. The first-order valence-corrected chi connectivity index (χ1v) is 14.3. The number of carbonyl (C=O) groups is 1. The van der Waals surface area contributed by atoms with Gasteiger partial charge in [-0.2, -0.15) is 0 Å². The van der Waals surface area contributed by atoms with Crippen molar-refractivity contribution < 1.29 is 19.0 Å². The highest BCUT2D eigenvalue weighted by Gasteiger charge is 2.15. The predicted octanol–water partition coefficient (Wildman–Crippen LogP) is 7.62. The summed E-state index contributed by atoms with van der Waals surface area (Å²) in [6, 6.07) is 7.79. The lowest BCUT2D eigenvalue weighted by Gasteiger charge is -2.15. The van der Waals surface area contributed by atoms with Crippen molar-refractivity contribution in [3.63, 3.8) is 0 Å². The van der Waals surface area contributed by atoms with Gasteiger partial charge < -0.3 is 14.2 Å². The molecule has 0 heterocycles. The quantitative estimate of drug-likeness (QED) is 0.101. The molecule has 0 aliphatic heterocycles. The number of ether oxygens (including phenoxy) is 3. The summed E-state index contributed by atoms with van der Waals surface area (Å²) >= 11 is 20.3. The topological polar surface area (TPSA) is 44.8 Å². The first-order valence-electron chi connectivity index (χ1n) is 8.90. The van der Waals surface area contributed by atoms with E-state index in [1.54, 1.807) is 0 Å². The Morgan fingerprint density at radius 1 is 0.800 bits per heavy atom. The lowest BCUT2D eigenvalue weighted by atomic mass is 10.1. The van der Waals surface area contributed by atoms with Crippen molar-refractivity contribution in [1.82, 2.24) is 0 Å². The van der Waals surface area contributed by atoms with Crippen LogP contribution < -0.4 is 9.47 Å². The summed E-state index contributed by atoms with van der Waals surface area (Å²) in [5.41, 5.74) is 0.888. The third kappa shape index (κ3) is 8.75. The third-order valence-electron chi connectivity index (χ3n) is 3.66. The van der Waals surface area contributed by atoms with Gasteiger partial charge in [0.05, 0.1) is 33.9 Å². The van der Waals surface area contributed by atoms with Crippen LogP contribution in [0, 0.1) is 14.3 Å². The van der Waals surface area contributed by atoms with Crippen LogP contribution in [0.25, 0.3) is 0 Å². The molecule has 0 fully saturated rings. The minimum atomic E-state index is -0.255. The molecular weight excluding hydrogens is 883 g/mol. The molecule has 0 amide bonds. The van der Waals surface area contributed by atoms with Gasteiger partial charge in [0, 0.05) is 11.8 Å². The first-order chi connectivity index (χ1) is 14.3. The molecule has 4 nitrogen and oxygen atoms in total. The molecule has 2 aromatic carbocycles. The van der Waals surface area contributed by atoms with Crippen LogP contribution in [0.2, 0.25) is 0 Å². The number of benzene rings is 2. The van der Waals surface area contributed by atoms with Crippen molar-refractivity contribution >= 4 is 120 Å². The Kier molecular flexibility index (Phi) is 13.0. The number of carbonyl (C=O) groups excluding carboxylic acids is 1. The Labute approximate surface area is 241 Å². The van der Waals surface area contributed by atoms with Crippen molar-refractivity contribution in [1.29, 1.82) is 0 Å². The molecule has 0 spiro atoms. The summed E-state index contributed by atoms with van der Waals surface area (Å²) in [5.74, 6) is 3.14. The lowest BCUT2D eigenvalue weighted by Crippen LogP contribution is -2.10. The van der Waals surface area contributed by atoms with Gasteiger partial charge in [-0.25, -0.2) is 0 Å². The van der Waals surface area contributed by atoms with Gasteiger partial charge in [0.15, 0.2) is 5.75 Å². The molecule has 0 aliphatic rings. The van der Waals surface area contributed by atoms with E-state index in [0.29, 0.717) is 31.4 Å². The number of hydrogen-bond donors (Lipinski definition) is 0. The summed E-state index contributed by atoms with van der Waals surface area (Å²) in [5, 5.41) is 0. The fraction of sp³-hybridized carbons (Fsp3) is 0.350. The Morgan fingerprint density at radius 2 is 1.33 bits per heavy atom. The molecule has 0 bridgehead atoms. The van der Waals surface area contributed by atoms with Crippen LogP contribution in [0.1, 0.15) is 18.4 Å². The van der Waals surface area contributed by atoms with E-state index in [4.69, 9.17) is 37.4 Å². The molecule has 0 radical (unpaired) electrons. The van der Waals surface area contributed by atoms with Crippen LogP contribution in [-0.4, -0.2) is 30.9 Å². The fourth-order valence-corrected chi connectivity index (χ4v) is 6.71. The van der Waals surface area contributed by atoms with Crippen LogP contribution >= 0.6 is 114 Å². The highest BCUT2D eigenvalue weighted by atomic mass is 127. The first kappa shape index (κ1) is 27.3. The van der Waals surface area contributed by atoms with Gasteiger partial charge in [-0.3, -0.25) is 4.79 Å². The third-order valence-corrected chi connectivity index (χ3v) is 7.40. The van der Waals surface area contributed by atoms with E-state index < -0.39 is 0 Å². The number of halogens is 6. The minimum absolute atomic E-state index is 0.221. The highest BCUT2D eigenvalue weighted by Crippen LogP contribution is 2.37. The molecule has 0 unspecified atom stereocenters. The second-order valence-electron chi connectivity index (χ2n) is 6.04. The molecule has 164 valence electrons. The molecule has 2 aromatic rings. The second-order valence-corrected chi connectivity index (χ2v) is 11.4. The predicted molar refractivity (Wildman–Crippen MR) is 155 cm³/mol. The second kappa shape index (κ2) is 14.3.